The normalized spacial score (nSPS) is 12.0. The van der Waals surface area contributed by atoms with Crippen LogP contribution in [0.5, 0.6) is 11.5 Å². The molecule has 0 saturated carbocycles. The highest BCUT2D eigenvalue weighted by atomic mass is 79.9. The lowest BCUT2D eigenvalue weighted by Gasteiger charge is -2.14. The smallest absolute Gasteiger partial charge is 0.126 e. The van der Waals surface area contributed by atoms with Gasteiger partial charge in [-0.15, -0.1) is 0 Å². The lowest BCUT2D eigenvalue weighted by molar-refractivity contribution is 0.299. The lowest BCUT2D eigenvalue weighted by Crippen LogP contribution is -2.18. The Balaban J connectivity index is 2.16. The van der Waals surface area contributed by atoms with Crippen molar-refractivity contribution in [3.8, 4) is 11.5 Å². The Hall–Kier alpha value is -1.52. The Morgan fingerprint density at radius 2 is 2.00 bits per heavy atom. The van der Waals surface area contributed by atoms with Gasteiger partial charge in [-0.2, -0.15) is 0 Å². The molecule has 4 heteroatoms. The first-order valence-corrected chi connectivity index (χ1v) is 7.67. The number of halogens is 1. The van der Waals surface area contributed by atoms with Crippen molar-refractivity contribution in [3.05, 3.63) is 58.1 Å². The second kappa shape index (κ2) is 7.48. The number of benzene rings is 2. The predicted octanol–water partition coefficient (Wildman–Crippen LogP) is 3.93. The van der Waals surface area contributed by atoms with E-state index in [9.17, 15) is 0 Å². The summed E-state index contributed by atoms with van der Waals surface area (Å²) in [5.41, 5.74) is 8.11. The van der Waals surface area contributed by atoms with Gasteiger partial charge in [0, 0.05) is 16.6 Å². The zero-order valence-corrected chi connectivity index (χ0v) is 13.9. The molecule has 2 aromatic rings. The van der Waals surface area contributed by atoms with Gasteiger partial charge in [-0.05, 0) is 42.7 Å². The van der Waals surface area contributed by atoms with Crippen LogP contribution in [0.4, 0.5) is 0 Å². The molecule has 0 spiro atoms. The van der Waals surface area contributed by atoms with E-state index in [-0.39, 0.29) is 6.04 Å². The summed E-state index contributed by atoms with van der Waals surface area (Å²) in [7, 11) is 1.65. The fourth-order valence-corrected chi connectivity index (χ4v) is 2.55. The summed E-state index contributed by atoms with van der Waals surface area (Å²) in [6, 6.07) is 14.0. The molecule has 2 N–H and O–H groups in total. The molecule has 0 bridgehead atoms. The summed E-state index contributed by atoms with van der Waals surface area (Å²) in [6.07, 6.45) is 0.776. The van der Waals surface area contributed by atoms with Crippen LogP contribution in [0.1, 0.15) is 18.1 Å². The average Bonchev–Trinajstić information content (AvgIpc) is 2.46. The first-order chi connectivity index (χ1) is 10.1. The van der Waals surface area contributed by atoms with Gasteiger partial charge in [0.2, 0.25) is 0 Å². The van der Waals surface area contributed by atoms with Crippen molar-refractivity contribution in [1.82, 2.24) is 0 Å². The molecule has 1 unspecified atom stereocenters. The van der Waals surface area contributed by atoms with Gasteiger partial charge in [0.15, 0.2) is 0 Å². The molecule has 21 heavy (non-hydrogen) atoms. The summed E-state index contributed by atoms with van der Waals surface area (Å²) < 4.78 is 12.3. The van der Waals surface area contributed by atoms with Gasteiger partial charge in [-0.1, -0.05) is 34.1 Å². The number of hydrogen-bond acceptors (Lipinski definition) is 3. The summed E-state index contributed by atoms with van der Waals surface area (Å²) >= 11 is 3.47. The number of ether oxygens (including phenoxy) is 2. The zero-order chi connectivity index (χ0) is 15.2. The Morgan fingerprint density at radius 3 is 2.67 bits per heavy atom. The standard InChI is InChI=1S/C17H20BrNO2/c1-12(19)8-14-6-7-16(20-2)10-17(14)21-11-13-4-3-5-15(18)9-13/h3-7,9-10,12H,8,11,19H2,1-2H3. The van der Waals surface area contributed by atoms with Gasteiger partial charge in [0.1, 0.15) is 18.1 Å². The van der Waals surface area contributed by atoms with Gasteiger partial charge >= 0.3 is 0 Å². The molecular formula is C17H20BrNO2. The fraction of sp³-hybridized carbons (Fsp3) is 0.294. The van der Waals surface area contributed by atoms with Gasteiger partial charge in [-0.3, -0.25) is 0 Å². The van der Waals surface area contributed by atoms with E-state index in [1.165, 1.54) is 0 Å². The van der Waals surface area contributed by atoms with E-state index in [0.717, 1.165) is 33.5 Å². The molecule has 2 rings (SSSR count). The van der Waals surface area contributed by atoms with Crippen molar-refractivity contribution in [2.24, 2.45) is 5.73 Å². The molecular weight excluding hydrogens is 330 g/mol. The summed E-state index contributed by atoms with van der Waals surface area (Å²) in [4.78, 5) is 0. The van der Waals surface area contributed by atoms with E-state index >= 15 is 0 Å². The predicted molar refractivity (Wildman–Crippen MR) is 88.8 cm³/mol. The maximum absolute atomic E-state index is 5.97. The van der Waals surface area contributed by atoms with Crippen LogP contribution in [0, 0.1) is 0 Å². The van der Waals surface area contributed by atoms with Gasteiger partial charge in [0.05, 0.1) is 7.11 Å². The minimum atomic E-state index is 0.0895. The maximum atomic E-state index is 5.97. The van der Waals surface area contributed by atoms with Crippen LogP contribution in [0.3, 0.4) is 0 Å². The molecule has 0 amide bonds. The van der Waals surface area contributed by atoms with Crippen LogP contribution in [0.2, 0.25) is 0 Å². The number of methoxy groups -OCH3 is 1. The van der Waals surface area contributed by atoms with Gasteiger partial charge < -0.3 is 15.2 Å². The highest BCUT2D eigenvalue weighted by Crippen LogP contribution is 2.27. The van der Waals surface area contributed by atoms with E-state index in [1.807, 2.05) is 49.4 Å². The molecule has 0 aromatic heterocycles. The minimum absolute atomic E-state index is 0.0895. The molecule has 1 atom stereocenters. The van der Waals surface area contributed by atoms with Crippen LogP contribution >= 0.6 is 15.9 Å². The van der Waals surface area contributed by atoms with Crippen LogP contribution in [0.15, 0.2) is 46.9 Å². The van der Waals surface area contributed by atoms with Crippen LogP contribution in [-0.2, 0) is 13.0 Å². The molecule has 2 aromatic carbocycles. The monoisotopic (exact) mass is 349 g/mol. The van der Waals surface area contributed by atoms with Crippen molar-refractivity contribution in [3.63, 3.8) is 0 Å². The second-order valence-corrected chi connectivity index (χ2v) is 5.99. The molecule has 0 aliphatic carbocycles. The molecule has 3 nitrogen and oxygen atoms in total. The van der Waals surface area contributed by atoms with Crippen molar-refractivity contribution in [2.75, 3.05) is 7.11 Å². The lowest BCUT2D eigenvalue weighted by atomic mass is 10.1. The Kier molecular flexibility index (Phi) is 5.65. The average molecular weight is 350 g/mol. The van der Waals surface area contributed by atoms with Crippen LogP contribution in [0.25, 0.3) is 0 Å². The SMILES string of the molecule is COc1ccc(CC(C)N)c(OCc2cccc(Br)c2)c1. The molecule has 0 fully saturated rings. The van der Waals surface area contributed by atoms with E-state index in [1.54, 1.807) is 7.11 Å². The van der Waals surface area contributed by atoms with Gasteiger partial charge in [0.25, 0.3) is 0 Å². The Labute approximate surface area is 134 Å². The molecule has 0 radical (unpaired) electrons. The van der Waals surface area contributed by atoms with Gasteiger partial charge in [-0.25, -0.2) is 0 Å². The minimum Gasteiger partial charge on any atom is -0.497 e. The summed E-state index contributed by atoms with van der Waals surface area (Å²) in [5.74, 6) is 1.61. The van der Waals surface area contributed by atoms with E-state index < -0.39 is 0 Å². The number of nitrogens with two attached hydrogens (primary N) is 1. The third-order valence-electron chi connectivity index (χ3n) is 3.10. The molecule has 0 heterocycles. The summed E-state index contributed by atoms with van der Waals surface area (Å²) in [5, 5.41) is 0. The Bertz CT molecular complexity index is 599. The van der Waals surface area contributed by atoms with Crippen molar-refractivity contribution in [1.29, 1.82) is 0 Å². The van der Waals surface area contributed by atoms with Crippen molar-refractivity contribution < 1.29 is 9.47 Å². The highest BCUT2D eigenvalue weighted by Gasteiger charge is 2.08. The van der Waals surface area contributed by atoms with E-state index in [2.05, 4.69) is 15.9 Å². The van der Waals surface area contributed by atoms with Crippen LogP contribution in [-0.4, -0.2) is 13.2 Å². The maximum Gasteiger partial charge on any atom is 0.126 e. The quantitative estimate of drug-likeness (QED) is 0.859. The number of rotatable bonds is 6. The summed E-state index contributed by atoms with van der Waals surface area (Å²) in [6.45, 7) is 2.50. The van der Waals surface area contributed by atoms with Crippen molar-refractivity contribution in [2.45, 2.75) is 26.0 Å². The third-order valence-corrected chi connectivity index (χ3v) is 3.59. The fourth-order valence-electron chi connectivity index (χ4n) is 2.10. The van der Waals surface area contributed by atoms with Crippen LogP contribution < -0.4 is 15.2 Å². The Morgan fingerprint density at radius 1 is 1.19 bits per heavy atom. The highest BCUT2D eigenvalue weighted by molar-refractivity contribution is 9.10. The topological polar surface area (TPSA) is 44.5 Å². The molecule has 0 saturated heterocycles. The molecule has 112 valence electrons. The number of hydrogen-bond donors (Lipinski definition) is 1. The van der Waals surface area contributed by atoms with Crippen molar-refractivity contribution >= 4 is 15.9 Å². The van der Waals surface area contributed by atoms with E-state index in [0.29, 0.717) is 6.61 Å². The molecule has 0 aliphatic heterocycles. The zero-order valence-electron chi connectivity index (χ0n) is 12.3. The molecule has 0 aliphatic rings. The first-order valence-electron chi connectivity index (χ1n) is 6.88. The largest absolute Gasteiger partial charge is 0.497 e. The van der Waals surface area contributed by atoms with E-state index in [4.69, 9.17) is 15.2 Å². The first kappa shape index (κ1) is 15.9. The second-order valence-electron chi connectivity index (χ2n) is 5.07. The third kappa shape index (κ3) is 4.76.